The monoisotopic (exact) mass is 591 g/mol. The zero-order valence-electron chi connectivity index (χ0n) is 24.2. The lowest BCUT2D eigenvalue weighted by Crippen LogP contribution is -2.45. The number of carbonyl (C=O) groups is 4. The van der Waals surface area contributed by atoms with E-state index in [0.717, 1.165) is 0 Å². The van der Waals surface area contributed by atoms with E-state index in [9.17, 15) is 44.7 Å². The lowest BCUT2D eigenvalue weighted by molar-refractivity contribution is -0.873. The summed E-state index contributed by atoms with van der Waals surface area (Å²) in [7, 11) is 5.68. The molecule has 4 aromatic carbocycles. The minimum Gasteiger partial charge on any atom is -0.550 e. The Kier molecular flexibility index (Phi) is 9.94. The number of esters is 1. The van der Waals surface area contributed by atoms with Crippen LogP contribution in [0.2, 0.25) is 0 Å². The van der Waals surface area contributed by atoms with Gasteiger partial charge in [-0.3, -0.25) is 4.79 Å². The molecule has 43 heavy (non-hydrogen) atoms. The van der Waals surface area contributed by atoms with Gasteiger partial charge in [-0.15, -0.1) is 0 Å². The SMILES string of the molecule is CC(=O)OC(CC(=O)[O-])C[N+](C)(C)C.O=C(O)c1cc2ccccc2c(Cc2c(O)c(C(=O)O)cc3ccccc23)c1O. The zero-order valence-corrected chi connectivity index (χ0v) is 24.2. The second kappa shape index (κ2) is 13.2. The maximum atomic E-state index is 11.6. The quantitative estimate of drug-likeness (QED) is 0.167. The molecule has 1 unspecified atom stereocenters. The van der Waals surface area contributed by atoms with Gasteiger partial charge in [-0.1, -0.05) is 48.5 Å². The van der Waals surface area contributed by atoms with Crippen molar-refractivity contribution in [3.63, 3.8) is 0 Å². The van der Waals surface area contributed by atoms with Crippen molar-refractivity contribution in [2.24, 2.45) is 0 Å². The van der Waals surface area contributed by atoms with Gasteiger partial charge >= 0.3 is 17.9 Å². The molecule has 4 rings (SSSR count). The van der Waals surface area contributed by atoms with Gasteiger partial charge in [0.2, 0.25) is 0 Å². The van der Waals surface area contributed by atoms with Gasteiger partial charge in [-0.05, 0) is 33.7 Å². The van der Waals surface area contributed by atoms with Crippen molar-refractivity contribution >= 4 is 45.4 Å². The van der Waals surface area contributed by atoms with E-state index in [1.807, 2.05) is 21.1 Å². The number of aromatic hydroxyl groups is 2. The number of carboxylic acids is 3. The standard InChI is InChI=1S/C23H16O6.C9H17NO4/c24-20-16(14-7-3-1-5-12(14)9-18(20)22(26)27)11-17-15-8-4-2-6-13(15)10-19(21(17)25)23(28)29;1-7(11)14-8(5-9(12)13)6-10(2,3)4/h1-10,24-25H,11H2,(H,26,27)(H,28,29);8H,5-6H2,1-4H3. The van der Waals surface area contributed by atoms with Crippen molar-refractivity contribution in [1.82, 2.24) is 0 Å². The largest absolute Gasteiger partial charge is 0.550 e. The molecule has 0 aliphatic carbocycles. The van der Waals surface area contributed by atoms with Crippen LogP contribution in [0.4, 0.5) is 0 Å². The van der Waals surface area contributed by atoms with Crippen molar-refractivity contribution < 1.29 is 53.9 Å². The molecule has 0 saturated heterocycles. The summed E-state index contributed by atoms with van der Waals surface area (Å²) in [5.74, 6) is -5.03. The fraction of sp³-hybridized carbons (Fsp3) is 0.250. The first-order valence-electron chi connectivity index (χ1n) is 13.2. The number of quaternary nitrogens is 1. The van der Waals surface area contributed by atoms with Crippen molar-refractivity contribution in [3.8, 4) is 11.5 Å². The summed E-state index contributed by atoms with van der Waals surface area (Å²) in [6.45, 7) is 1.71. The van der Waals surface area contributed by atoms with Crippen LogP contribution in [0.5, 0.6) is 11.5 Å². The van der Waals surface area contributed by atoms with Crippen molar-refractivity contribution in [3.05, 3.63) is 82.9 Å². The number of hydrogen-bond acceptors (Lipinski definition) is 8. The fourth-order valence-electron chi connectivity index (χ4n) is 4.86. The Morgan fingerprint density at radius 1 is 0.791 bits per heavy atom. The summed E-state index contributed by atoms with van der Waals surface area (Å²) in [5.41, 5.74) is 0.112. The van der Waals surface area contributed by atoms with Gasteiger partial charge in [0, 0.05) is 36.9 Å². The fourth-order valence-corrected chi connectivity index (χ4v) is 4.86. The second-order valence-electron chi connectivity index (χ2n) is 11.0. The third kappa shape index (κ3) is 8.20. The smallest absolute Gasteiger partial charge is 0.339 e. The Balaban J connectivity index is 0.000000308. The minimum atomic E-state index is -1.28. The molecule has 226 valence electrons. The molecule has 1 atom stereocenters. The molecule has 0 fully saturated rings. The molecule has 0 amide bonds. The maximum absolute atomic E-state index is 11.6. The summed E-state index contributed by atoms with van der Waals surface area (Å²) < 4.78 is 5.39. The van der Waals surface area contributed by atoms with Gasteiger partial charge in [0.1, 0.15) is 29.2 Å². The Hall–Kier alpha value is -5.16. The predicted octanol–water partition coefficient (Wildman–Crippen LogP) is 3.16. The van der Waals surface area contributed by atoms with E-state index in [-0.39, 0.29) is 24.0 Å². The average molecular weight is 592 g/mol. The van der Waals surface area contributed by atoms with Gasteiger partial charge in [-0.25, -0.2) is 9.59 Å². The number of phenols is 2. The zero-order chi connectivity index (χ0) is 32.1. The van der Waals surface area contributed by atoms with Crippen LogP contribution in [0, 0.1) is 0 Å². The van der Waals surface area contributed by atoms with E-state index in [0.29, 0.717) is 43.7 Å². The highest BCUT2D eigenvalue weighted by molar-refractivity contribution is 6.02. The molecular weight excluding hydrogens is 558 g/mol. The normalized spacial score (nSPS) is 11.8. The van der Waals surface area contributed by atoms with Gasteiger partial charge in [0.05, 0.1) is 21.1 Å². The van der Waals surface area contributed by atoms with Crippen LogP contribution in [0.3, 0.4) is 0 Å². The summed E-state index contributed by atoms with van der Waals surface area (Å²) >= 11 is 0. The number of aliphatic carboxylic acids is 1. The highest BCUT2D eigenvalue weighted by Crippen LogP contribution is 2.38. The Morgan fingerprint density at radius 2 is 1.21 bits per heavy atom. The summed E-state index contributed by atoms with van der Waals surface area (Å²) in [4.78, 5) is 44.3. The summed E-state index contributed by atoms with van der Waals surface area (Å²) in [5, 5.41) is 53.2. The van der Waals surface area contributed by atoms with Gasteiger partial charge < -0.3 is 39.5 Å². The number of benzene rings is 4. The molecule has 0 aromatic heterocycles. The first-order chi connectivity index (χ1) is 20.1. The van der Waals surface area contributed by atoms with Gasteiger partial charge in [0.15, 0.2) is 6.10 Å². The number of carboxylic acid groups (broad SMARTS) is 3. The summed E-state index contributed by atoms with van der Waals surface area (Å²) in [6, 6.07) is 16.8. The molecule has 0 bridgehead atoms. The van der Waals surface area contributed by atoms with Crippen LogP contribution in [0.1, 0.15) is 45.2 Å². The Morgan fingerprint density at radius 3 is 1.56 bits per heavy atom. The van der Waals surface area contributed by atoms with Crippen LogP contribution in [0.15, 0.2) is 60.7 Å². The lowest BCUT2D eigenvalue weighted by atomic mass is 9.90. The number of likely N-dealkylation sites (N-methyl/N-ethyl adjacent to an activating group) is 1. The number of hydrogen-bond donors (Lipinski definition) is 4. The predicted molar refractivity (Wildman–Crippen MR) is 156 cm³/mol. The first-order valence-corrected chi connectivity index (χ1v) is 13.2. The van der Waals surface area contributed by atoms with Crippen LogP contribution in [0.25, 0.3) is 21.5 Å². The first kappa shape index (κ1) is 32.4. The Labute approximate surface area is 247 Å². The van der Waals surface area contributed by atoms with E-state index in [1.165, 1.54) is 19.1 Å². The van der Waals surface area contributed by atoms with E-state index in [4.69, 9.17) is 4.74 Å². The van der Waals surface area contributed by atoms with Gasteiger partial charge in [-0.2, -0.15) is 0 Å². The van der Waals surface area contributed by atoms with E-state index >= 15 is 0 Å². The van der Waals surface area contributed by atoms with Crippen LogP contribution in [-0.4, -0.2) is 82.6 Å². The number of aromatic carboxylic acids is 2. The minimum absolute atomic E-state index is 0.0407. The summed E-state index contributed by atoms with van der Waals surface area (Å²) in [6.07, 6.45) is -0.909. The molecule has 0 saturated carbocycles. The van der Waals surface area contributed by atoms with Gasteiger partial charge in [0.25, 0.3) is 0 Å². The molecule has 11 nitrogen and oxygen atoms in total. The van der Waals surface area contributed by atoms with Crippen LogP contribution >= 0.6 is 0 Å². The molecule has 11 heteroatoms. The molecule has 0 aliphatic rings. The number of fused-ring (bicyclic) bond motifs is 2. The second-order valence-corrected chi connectivity index (χ2v) is 11.0. The number of ether oxygens (including phenoxy) is 1. The van der Waals surface area contributed by atoms with Crippen LogP contribution < -0.4 is 5.11 Å². The number of carbonyl (C=O) groups excluding carboxylic acids is 2. The van der Waals surface area contributed by atoms with Crippen molar-refractivity contribution in [2.45, 2.75) is 25.9 Å². The van der Waals surface area contributed by atoms with Crippen molar-refractivity contribution in [1.29, 1.82) is 0 Å². The third-order valence-corrected chi connectivity index (χ3v) is 6.55. The highest BCUT2D eigenvalue weighted by Gasteiger charge is 2.23. The lowest BCUT2D eigenvalue weighted by Gasteiger charge is -2.28. The maximum Gasteiger partial charge on any atom is 0.339 e. The molecule has 4 N–H and O–H groups in total. The number of nitrogens with zero attached hydrogens (tertiary/aromatic N) is 1. The third-order valence-electron chi connectivity index (χ3n) is 6.55. The van der Waals surface area contributed by atoms with E-state index in [1.54, 1.807) is 48.5 Å². The van der Waals surface area contributed by atoms with E-state index in [2.05, 4.69) is 0 Å². The molecule has 0 aliphatic heterocycles. The molecule has 4 aromatic rings. The highest BCUT2D eigenvalue weighted by atomic mass is 16.5. The van der Waals surface area contributed by atoms with Crippen molar-refractivity contribution in [2.75, 3.05) is 27.7 Å². The Bertz CT molecular complexity index is 1590. The molecule has 0 spiro atoms. The molecule has 0 radical (unpaired) electrons. The van der Waals surface area contributed by atoms with E-state index < -0.39 is 41.5 Å². The molecular formula is C32H33NO10. The van der Waals surface area contributed by atoms with Crippen LogP contribution in [-0.2, 0) is 20.7 Å². The topological polar surface area (TPSA) is 181 Å². The number of rotatable bonds is 9. The molecule has 0 heterocycles. The average Bonchev–Trinajstić information content (AvgIpc) is 2.89.